The van der Waals surface area contributed by atoms with Crippen molar-refractivity contribution in [3.8, 4) is 0 Å². The lowest BCUT2D eigenvalue weighted by atomic mass is 10.1. The SMILES string of the molecule is Cc1cc(NC(=O)[C@@H]2CCN(c3ccc(Cl)cc3)C2=O)n[nH]1. The molecule has 0 bridgehead atoms. The van der Waals surface area contributed by atoms with Crippen LogP contribution in [0.2, 0.25) is 5.02 Å². The second-order valence-electron chi connectivity index (χ2n) is 5.23. The Hall–Kier alpha value is -2.34. The minimum Gasteiger partial charge on any atom is -0.312 e. The van der Waals surface area contributed by atoms with Gasteiger partial charge in [-0.1, -0.05) is 11.6 Å². The number of aromatic amines is 1. The van der Waals surface area contributed by atoms with Gasteiger partial charge in [0.25, 0.3) is 0 Å². The van der Waals surface area contributed by atoms with E-state index in [-0.39, 0.29) is 11.8 Å². The largest absolute Gasteiger partial charge is 0.312 e. The van der Waals surface area contributed by atoms with Crippen LogP contribution in [0, 0.1) is 12.8 Å². The van der Waals surface area contributed by atoms with E-state index < -0.39 is 5.92 Å². The predicted molar refractivity (Wildman–Crippen MR) is 83.9 cm³/mol. The fourth-order valence-corrected chi connectivity index (χ4v) is 2.62. The molecule has 2 aromatic rings. The topological polar surface area (TPSA) is 78.1 Å². The van der Waals surface area contributed by atoms with E-state index in [4.69, 9.17) is 11.6 Å². The van der Waals surface area contributed by atoms with E-state index in [1.807, 2.05) is 6.92 Å². The molecule has 114 valence electrons. The van der Waals surface area contributed by atoms with E-state index in [9.17, 15) is 9.59 Å². The van der Waals surface area contributed by atoms with Gasteiger partial charge in [-0.3, -0.25) is 14.7 Å². The molecule has 7 heteroatoms. The molecular weight excluding hydrogens is 304 g/mol. The van der Waals surface area contributed by atoms with Gasteiger partial charge < -0.3 is 10.2 Å². The third kappa shape index (κ3) is 2.82. The van der Waals surface area contributed by atoms with E-state index >= 15 is 0 Å². The molecule has 1 saturated heterocycles. The lowest BCUT2D eigenvalue weighted by molar-refractivity contribution is -0.129. The number of hydrogen-bond acceptors (Lipinski definition) is 3. The number of H-pyrrole nitrogens is 1. The van der Waals surface area contributed by atoms with Crippen LogP contribution in [0.4, 0.5) is 11.5 Å². The minimum absolute atomic E-state index is 0.202. The van der Waals surface area contributed by atoms with Crippen molar-refractivity contribution in [1.82, 2.24) is 10.2 Å². The third-order valence-corrected chi connectivity index (χ3v) is 3.87. The standard InChI is InChI=1S/C15H15ClN4O2/c1-9-8-13(19-18-9)17-14(21)12-6-7-20(15(12)22)11-4-2-10(16)3-5-11/h2-5,8,12H,6-7H2,1H3,(H2,17,18,19,21)/t12-/m0/s1. The zero-order valence-electron chi connectivity index (χ0n) is 12.0. The molecule has 22 heavy (non-hydrogen) atoms. The van der Waals surface area contributed by atoms with Gasteiger partial charge in [-0.05, 0) is 37.6 Å². The summed E-state index contributed by atoms with van der Waals surface area (Å²) >= 11 is 5.85. The quantitative estimate of drug-likeness (QED) is 0.853. The highest BCUT2D eigenvalue weighted by molar-refractivity contribution is 6.30. The minimum atomic E-state index is -0.687. The highest BCUT2D eigenvalue weighted by atomic mass is 35.5. The van der Waals surface area contributed by atoms with Crippen LogP contribution in [0.3, 0.4) is 0 Å². The van der Waals surface area contributed by atoms with Gasteiger partial charge in [-0.2, -0.15) is 5.10 Å². The van der Waals surface area contributed by atoms with Crippen LogP contribution in [0.15, 0.2) is 30.3 Å². The Kier molecular flexibility index (Phi) is 3.85. The molecule has 1 atom stereocenters. The number of nitrogens with one attached hydrogen (secondary N) is 2. The van der Waals surface area contributed by atoms with Crippen LogP contribution in [-0.2, 0) is 9.59 Å². The average Bonchev–Trinajstić information content (AvgIpc) is 3.06. The van der Waals surface area contributed by atoms with E-state index in [2.05, 4.69) is 15.5 Å². The maximum absolute atomic E-state index is 12.4. The smallest absolute Gasteiger partial charge is 0.239 e. The molecule has 2 N–H and O–H groups in total. The summed E-state index contributed by atoms with van der Waals surface area (Å²) in [6, 6.07) is 8.72. The summed E-state index contributed by atoms with van der Waals surface area (Å²) in [7, 11) is 0. The number of benzene rings is 1. The molecule has 1 fully saturated rings. The molecule has 0 radical (unpaired) electrons. The van der Waals surface area contributed by atoms with E-state index in [1.54, 1.807) is 35.2 Å². The first-order valence-corrected chi connectivity index (χ1v) is 7.32. The lowest BCUT2D eigenvalue weighted by Crippen LogP contribution is -2.33. The number of aryl methyl sites for hydroxylation is 1. The Balaban J connectivity index is 1.70. The number of amides is 2. The summed E-state index contributed by atoms with van der Waals surface area (Å²) in [6.45, 7) is 2.35. The highest BCUT2D eigenvalue weighted by Gasteiger charge is 2.37. The van der Waals surface area contributed by atoms with Gasteiger partial charge in [-0.25, -0.2) is 0 Å². The Labute approximate surface area is 132 Å². The van der Waals surface area contributed by atoms with Crippen molar-refractivity contribution >= 4 is 34.9 Å². The lowest BCUT2D eigenvalue weighted by Gasteiger charge is -2.16. The monoisotopic (exact) mass is 318 g/mol. The summed E-state index contributed by atoms with van der Waals surface area (Å²) in [5.41, 5.74) is 1.59. The first kappa shape index (κ1) is 14.6. The molecule has 1 aliphatic rings. The molecule has 0 saturated carbocycles. The molecule has 1 aliphatic heterocycles. The summed E-state index contributed by atoms with van der Waals surface area (Å²) < 4.78 is 0. The molecule has 0 spiro atoms. The highest BCUT2D eigenvalue weighted by Crippen LogP contribution is 2.27. The van der Waals surface area contributed by atoms with Gasteiger partial charge >= 0.3 is 0 Å². The average molecular weight is 319 g/mol. The zero-order chi connectivity index (χ0) is 15.7. The van der Waals surface area contributed by atoms with E-state index in [0.717, 1.165) is 11.4 Å². The number of aromatic nitrogens is 2. The number of carbonyl (C=O) groups is 2. The molecule has 0 unspecified atom stereocenters. The van der Waals surface area contributed by atoms with Crippen molar-refractivity contribution in [1.29, 1.82) is 0 Å². The summed E-state index contributed by atoms with van der Waals surface area (Å²) in [5, 5.41) is 9.96. The number of carbonyl (C=O) groups excluding carboxylic acids is 2. The van der Waals surface area contributed by atoms with Gasteiger partial charge in [-0.15, -0.1) is 0 Å². The zero-order valence-corrected chi connectivity index (χ0v) is 12.7. The molecule has 1 aromatic carbocycles. The van der Waals surface area contributed by atoms with Crippen molar-refractivity contribution in [2.45, 2.75) is 13.3 Å². The maximum atomic E-state index is 12.4. The van der Waals surface area contributed by atoms with Gasteiger partial charge in [0.05, 0.1) is 0 Å². The first-order valence-electron chi connectivity index (χ1n) is 6.94. The van der Waals surface area contributed by atoms with Crippen molar-refractivity contribution in [3.05, 3.63) is 41.0 Å². The van der Waals surface area contributed by atoms with Crippen molar-refractivity contribution in [2.75, 3.05) is 16.8 Å². The molecule has 3 rings (SSSR count). The van der Waals surface area contributed by atoms with Crippen molar-refractivity contribution in [3.63, 3.8) is 0 Å². The number of halogens is 1. The summed E-state index contributed by atoms with van der Waals surface area (Å²) in [5.74, 6) is -0.784. The Morgan fingerprint density at radius 3 is 2.77 bits per heavy atom. The molecule has 1 aromatic heterocycles. The van der Waals surface area contributed by atoms with Crippen LogP contribution in [0.25, 0.3) is 0 Å². The van der Waals surface area contributed by atoms with Crippen LogP contribution in [0.1, 0.15) is 12.1 Å². The molecule has 2 amide bonds. The van der Waals surface area contributed by atoms with Gasteiger partial charge in [0.1, 0.15) is 5.92 Å². The number of hydrogen-bond donors (Lipinski definition) is 2. The van der Waals surface area contributed by atoms with Crippen LogP contribution < -0.4 is 10.2 Å². The number of anilines is 2. The Morgan fingerprint density at radius 2 is 2.14 bits per heavy atom. The summed E-state index contributed by atoms with van der Waals surface area (Å²) in [6.07, 6.45) is 0.483. The van der Waals surface area contributed by atoms with Gasteiger partial charge in [0.15, 0.2) is 5.82 Å². The number of rotatable bonds is 3. The van der Waals surface area contributed by atoms with E-state index in [1.165, 1.54) is 0 Å². The van der Waals surface area contributed by atoms with E-state index in [0.29, 0.717) is 23.8 Å². The van der Waals surface area contributed by atoms with Crippen molar-refractivity contribution in [2.24, 2.45) is 5.92 Å². The van der Waals surface area contributed by atoms with Gasteiger partial charge in [0, 0.05) is 29.0 Å². The second-order valence-corrected chi connectivity index (χ2v) is 5.67. The Morgan fingerprint density at radius 1 is 1.41 bits per heavy atom. The molecular formula is C15H15ClN4O2. The first-order chi connectivity index (χ1) is 10.5. The van der Waals surface area contributed by atoms with Crippen LogP contribution in [-0.4, -0.2) is 28.6 Å². The normalized spacial score (nSPS) is 17.8. The molecule has 2 heterocycles. The van der Waals surface area contributed by atoms with Crippen molar-refractivity contribution < 1.29 is 9.59 Å². The third-order valence-electron chi connectivity index (χ3n) is 3.62. The molecule has 6 nitrogen and oxygen atoms in total. The summed E-state index contributed by atoms with van der Waals surface area (Å²) in [4.78, 5) is 26.3. The van der Waals surface area contributed by atoms with Gasteiger partial charge in [0.2, 0.25) is 11.8 Å². The molecule has 0 aliphatic carbocycles. The Bertz CT molecular complexity index is 711. The second kappa shape index (κ2) is 5.81. The predicted octanol–water partition coefficient (Wildman–Crippen LogP) is 2.36. The van der Waals surface area contributed by atoms with Crippen LogP contribution in [0.5, 0.6) is 0 Å². The number of nitrogens with zero attached hydrogens (tertiary/aromatic N) is 2. The fraction of sp³-hybridized carbons (Fsp3) is 0.267. The maximum Gasteiger partial charge on any atom is 0.239 e. The van der Waals surface area contributed by atoms with Crippen LogP contribution >= 0.6 is 11.6 Å². The fourth-order valence-electron chi connectivity index (χ4n) is 2.50.